The molecule has 0 bridgehead atoms. The molecule has 3 aliphatic rings. The van der Waals surface area contributed by atoms with E-state index in [0.717, 1.165) is 80.1 Å². The van der Waals surface area contributed by atoms with Gasteiger partial charge in [-0.3, -0.25) is 0 Å². The molecule has 0 aliphatic carbocycles. The molecule has 1 N–H and O–H groups in total. The van der Waals surface area contributed by atoms with E-state index in [1.807, 2.05) is 12.1 Å². The lowest BCUT2D eigenvalue weighted by Crippen LogP contribution is -2.51. The number of aryl methyl sites for hydroxylation is 1. The summed E-state index contributed by atoms with van der Waals surface area (Å²) in [5.41, 5.74) is 5.46. The molecule has 2 aromatic heterocycles. The Kier molecular flexibility index (Phi) is 7.59. The van der Waals surface area contributed by atoms with E-state index in [0.29, 0.717) is 24.3 Å². The van der Waals surface area contributed by atoms with Gasteiger partial charge in [0.2, 0.25) is 17.8 Å². The first-order chi connectivity index (χ1) is 21.4. The molecular formula is C33H41N9O2. The Bertz CT molecular complexity index is 1600. The van der Waals surface area contributed by atoms with Crippen molar-refractivity contribution in [1.82, 2.24) is 29.7 Å². The number of hydrogen-bond acceptors (Lipinski definition) is 10. The molecule has 2 atom stereocenters. The Labute approximate surface area is 258 Å². The number of fused-ring (bicyclic) bond motifs is 3. The van der Waals surface area contributed by atoms with Crippen LogP contribution >= 0.6 is 0 Å². The molecular weight excluding hydrogens is 554 g/mol. The fourth-order valence-electron chi connectivity index (χ4n) is 6.70. The molecule has 0 radical (unpaired) electrons. The van der Waals surface area contributed by atoms with E-state index in [-0.39, 0.29) is 12.0 Å². The van der Waals surface area contributed by atoms with Crippen LogP contribution in [0.1, 0.15) is 28.4 Å². The highest BCUT2D eigenvalue weighted by Crippen LogP contribution is 2.43. The number of nitrogens with zero attached hydrogens (tertiary/aromatic N) is 8. The summed E-state index contributed by atoms with van der Waals surface area (Å²) in [6.07, 6.45) is 0.480. The molecule has 0 amide bonds. The van der Waals surface area contributed by atoms with Gasteiger partial charge in [-0.05, 0) is 38.2 Å². The number of H-pyrrole nitrogens is 1. The molecule has 2 fully saturated rings. The molecule has 4 aromatic rings. The van der Waals surface area contributed by atoms with Crippen molar-refractivity contribution >= 4 is 34.7 Å². The van der Waals surface area contributed by atoms with Gasteiger partial charge in [0.15, 0.2) is 0 Å². The second-order valence-corrected chi connectivity index (χ2v) is 12.3. The molecule has 0 spiro atoms. The molecule has 11 nitrogen and oxygen atoms in total. The van der Waals surface area contributed by atoms with E-state index in [1.54, 1.807) is 0 Å². The third kappa shape index (κ3) is 5.24. The highest BCUT2D eigenvalue weighted by Gasteiger charge is 2.43. The van der Waals surface area contributed by atoms with Crippen LogP contribution in [0, 0.1) is 6.92 Å². The molecule has 44 heavy (non-hydrogen) atoms. The quantitative estimate of drug-likeness (QED) is 0.347. The van der Waals surface area contributed by atoms with Crippen molar-refractivity contribution < 1.29 is 9.53 Å². The normalized spacial score (nSPS) is 21.5. The van der Waals surface area contributed by atoms with Crippen LogP contribution in [0.3, 0.4) is 0 Å². The van der Waals surface area contributed by atoms with Gasteiger partial charge < -0.3 is 34.2 Å². The van der Waals surface area contributed by atoms with Gasteiger partial charge in [0.1, 0.15) is 6.04 Å². The van der Waals surface area contributed by atoms with E-state index in [1.165, 1.54) is 12.7 Å². The summed E-state index contributed by atoms with van der Waals surface area (Å²) < 4.78 is 5.47. The number of esters is 1. The van der Waals surface area contributed by atoms with Crippen molar-refractivity contribution in [2.75, 3.05) is 88.3 Å². The molecule has 7 rings (SSSR count). The summed E-state index contributed by atoms with van der Waals surface area (Å²) in [4.78, 5) is 44.0. The largest absolute Gasteiger partial charge is 0.467 e. The van der Waals surface area contributed by atoms with Crippen LogP contribution in [0.25, 0.3) is 10.9 Å². The highest BCUT2D eigenvalue weighted by molar-refractivity contribution is 5.89. The lowest BCUT2D eigenvalue weighted by Gasteiger charge is -2.42. The minimum Gasteiger partial charge on any atom is -0.467 e. The first-order valence-electron chi connectivity index (χ1n) is 15.5. The summed E-state index contributed by atoms with van der Waals surface area (Å²) in [6.45, 7) is 9.14. The maximum atomic E-state index is 13.7. The van der Waals surface area contributed by atoms with Crippen molar-refractivity contribution in [3.63, 3.8) is 0 Å². The minimum atomic E-state index is -0.624. The van der Waals surface area contributed by atoms with Crippen molar-refractivity contribution in [3.8, 4) is 0 Å². The Morgan fingerprint density at radius 3 is 1.95 bits per heavy atom. The third-order valence-electron chi connectivity index (χ3n) is 9.40. The standard InChI is InChI=1S/C33H41N9O2/c1-22-9-11-23(12-10-22)29-28-25(24-7-5-6-8-26(24)34-28)21-27(30(43)44-4)42(29)33-36-31(40-17-13-38(2)14-18-40)35-32(37-33)41-19-15-39(3)16-20-41/h5-12,27,29,34H,13-21H2,1-4H3/t27-,29+/m1/s1. The van der Waals surface area contributed by atoms with Crippen molar-refractivity contribution in [2.45, 2.75) is 25.4 Å². The van der Waals surface area contributed by atoms with Crippen LogP contribution in [-0.2, 0) is 16.0 Å². The zero-order valence-electron chi connectivity index (χ0n) is 26.0. The number of hydrogen-bond donors (Lipinski definition) is 1. The van der Waals surface area contributed by atoms with Crippen LogP contribution in [0.4, 0.5) is 17.8 Å². The average Bonchev–Trinajstić information content (AvgIpc) is 3.43. The van der Waals surface area contributed by atoms with Crippen molar-refractivity contribution in [1.29, 1.82) is 0 Å². The van der Waals surface area contributed by atoms with E-state index in [4.69, 9.17) is 19.7 Å². The number of para-hydroxylation sites is 1. The molecule has 0 saturated carbocycles. The van der Waals surface area contributed by atoms with Crippen LogP contribution in [-0.4, -0.2) is 115 Å². The number of methoxy groups -OCH3 is 1. The summed E-state index contributed by atoms with van der Waals surface area (Å²) >= 11 is 0. The van der Waals surface area contributed by atoms with E-state index in [2.05, 4.69) is 86.9 Å². The van der Waals surface area contributed by atoms with Gasteiger partial charge in [-0.25, -0.2) is 4.79 Å². The molecule has 230 valence electrons. The number of piperazine rings is 2. The zero-order chi connectivity index (χ0) is 30.4. The van der Waals surface area contributed by atoms with Gasteiger partial charge in [-0.2, -0.15) is 15.0 Å². The number of rotatable bonds is 5. The maximum Gasteiger partial charge on any atom is 0.328 e. The number of likely N-dealkylation sites (N-methyl/N-ethyl adjacent to an activating group) is 2. The molecule has 0 unspecified atom stereocenters. The second-order valence-electron chi connectivity index (χ2n) is 12.3. The van der Waals surface area contributed by atoms with Crippen LogP contribution < -0.4 is 14.7 Å². The predicted octanol–water partition coefficient (Wildman–Crippen LogP) is 2.86. The Hall–Kier alpha value is -4.22. The maximum absolute atomic E-state index is 13.7. The molecule has 3 aliphatic heterocycles. The van der Waals surface area contributed by atoms with Gasteiger partial charge in [-0.1, -0.05) is 48.0 Å². The average molecular weight is 596 g/mol. The van der Waals surface area contributed by atoms with Crippen LogP contribution in [0.15, 0.2) is 48.5 Å². The number of carbonyl (C=O) groups is 1. The van der Waals surface area contributed by atoms with Crippen molar-refractivity contribution in [3.05, 3.63) is 70.9 Å². The second kappa shape index (κ2) is 11.7. The number of anilines is 3. The summed E-state index contributed by atoms with van der Waals surface area (Å²) in [5.74, 6) is 1.50. The summed E-state index contributed by atoms with van der Waals surface area (Å²) in [5, 5.41) is 1.13. The van der Waals surface area contributed by atoms with Gasteiger partial charge in [-0.15, -0.1) is 0 Å². The summed E-state index contributed by atoms with van der Waals surface area (Å²) in [6, 6.07) is 15.9. The fraction of sp³-hybridized carbons (Fsp3) is 0.455. The molecule has 11 heteroatoms. The predicted molar refractivity (Wildman–Crippen MR) is 173 cm³/mol. The SMILES string of the molecule is COC(=O)[C@H]1Cc2c([nH]c3ccccc23)[C@H](c2ccc(C)cc2)N1c1nc(N2CCN(C)CC2)nc(N2CCN(C)CC2)n1. The first kappa shape index (κ1) is 28.5. The number of benzene rings is 2. The highest BCUT2D eigenvalue weighted by atomic mass is 16.5. The smallest absolute Gasteiger partial charge is 0.328 e. The van der Waals surface area contributed by atoms with Crippen molar-refractivity contribution in [2.24, 2.45) is 0 Å². The van der Waals surface area contributed by atoms with Gasteiger partial charge >= 0.3 is 5.97 Å². The number of ether oxygens (including phenoxy) is 1. The van der Waals surface area contributed by atoms with E-state index >= 15 is 0 Å². The third-order valence-corrected chi connectivity index (χ3v) is 9.40. The number of carbonyl (C=O) groups excluding carboxylic acids is 1. The lowest BCUT2D eigenvalue weighted by atomic mass is 9.88. The van der Waals surface area contributed by atoms with E-state index < -0.39 is 6.04 Å². The number of aromatic amines is 1. The minimum absolute atomic E-state index is 0.305. The molecule has 2 aromatic carbocycles. The van der Waals surface area contributed by atoms with Crippen LogP contribution in [0.2, 0.25) is 0 Å². The number of aromatic nitrogens is 4. The zero-order valence-corrected chi connectivity index (χ0v) is 26.0. The monoisotopic (exact) mass is 595 g/mol. The van der Waals surface area contributed by atoms with Crippen LogP contribution in [0.5, 0.6) is 0 Å². The summed E-state index contributed by atoms with van der Waals surface area (Å²) in [7, 11) is 5.75. The number of nitrogens with one attached hydrogen (secondary N) is 1. The molecule has 2 saturated heterocycles. The van der Waals surface area contributed by atoms with Gasteiger partial charge in [0.05, 0.1) is 13.2 Å². The fourth-order valence-corrected chi connectivity index (χ4v) is 6.70. The molecule has 5 heterocycles. The van der Waals surface area contributed by atoms with Gasteiger partial charge in [0.25, 0.3) is 0 Å². The Morgan fingerprint density at radius 2 is 1.36 bits per heavy atom. The van der Waals surface area contributed by atoms with Gasteiger partial charge in [0, 0.05) is 75.4 Å². The first-order valence-corrected chi connectivity index (χ1v) is 15.5. The topological polar surface area (TPSA) is 97.0 Å². The van der Waals surface area contributed by atoms with E-state index in [9.17, 15) is 4.79 Å². The Balaban J connectivity index is 1.42. The Morgan fingerprint density at radius 1 is 0.795 bits per heavy atom. The lowest BCUT2D eigenvalue weighted by molar-refractivity contribution is -0.142.